The molecule has 1 aliphatic rings. The molecule has 0 atom stereocenters. The third-order valence-electron chi connectivity index (χ3n) is 3.88. The Morgan fingerprint density at radius 2 is 1.38 bits per heavy atom. The van der Waals surface area contributed by atoms with Crippen LogP contribution in [-0.4, -0.2) is 17.6 Å². The molecule has 0 aromatic heterocycles. The quantitative estimate of drug-likeness (QED) is 0.656. The number of hydrogen-bond donors (Lipinski definition) is 2. The molecule has 0 radical (unpaired) electrons. The molecule has 1 saturated carbocycles. The van der Waals surface area contributed by atoms with E-state index in [2.05, 4.69) is 10.6 Å². The van der Waals surface area contributed by atoms with Gasteiger partial charge in [-0.1, -0.05) is 29.8 Å². The minimum absolute atomic E-state index is 0.0290. The lowest BCUT2D eigenvalue weighted by molar-refractivity contribution is -0.117. The number of benzene rings is 2. The fraction of sp³-hybridized carbons (Fsp3) is 0.211. The van der Waals surface area contributed by atoms with E-state index in [0.717, 1.165) is 18.4 Å². The number of anilines is 2. The molecule has 5 nitrogen and oxygen atoms in total. The number of aryl methyl sites for hydroxylation is 1. The molecule has 0 aliphatic heterocycles. The zero-order chi connectivity index (χ0) is 17.1. The van der Waals surface area contributed by atoms with E-state index in [4.69, 9.17) is 0 Å². The summed E-state index contributed by atoms with van der Waals surface area (Å²) in [4.78, 5) is 35.8. The summed E-state index contributed by atoms with van der Waals surface area (Å²) in [5.41, 5.74) is 2.56. The van der Waals surface area contributed by atoms with Crippen LogP contribution in [0.2, 0.25) is 0 Å². The Bertz CT molecular complexity index is 775. The van der Waals surface area contributed by atoms with Crippen LogP contribution in [0.1, 0.15) is 28.8 Å². The standard InChI is InChI=1S/C19H18N2O3/c1-12-2-4-13(5-3-12)17(22)19(24)21-16-10-8-15(9-11-16)20-18(23)14-6-7-14/h2-5,8-11,14H,6-7H2,1H3,(H,20,23)(H,21,24). The zero-order valence-electron chi connectivity index (χ0n) is 13.3. The predicted octanol–water partition coefficient (Wildman–Crippen LogP) is 3.16. The number of rotatable bonds is 5. The van der Waals surface area contributed by atoms with E-state index in [1.165, 1.54) is 0 Å². The molecule has 0 unspecified atom stereocenters. The molecule has 24 heavy (non-hydrogen) atoms. The average molecular weight is 322 g/mol. The van der Waals surface area contributed by atoms with Crippen molar-refractivity contribution in [3.8, 4) is 0 Å². The molecular formula is C19H18N2O3. The minimum atomic E-state index is -0.686. The third kappa shape index (κ3) is 3.87. The summed E-state index contributed by atoms with van der Waals surface area (Å²) in [5, 5.41) is 5.39. The molecule has 1 fully saturated rings. The lowest BCUT2D eigenvalue weighted by atomic mass is 10.1. The highest BCUT2D eigenvalue weighted by molar-refractivity contribution is 6.46. The van der Waals surface area contributed by atoms with Gasteiger partial charge in [-0.2, -0.15) is 0 Å². The summed E-state index contributed by atoms with van der Waals surface area (Å²) in [6, 6.07) is 13.6. The second-order valence-electron chi connectivity index (χ2n) is 5.99. The van der Waals surface area contributed by atoms with E-state index in [-0.39, 0.29) is 11.8 Å². The molecule has 1 aliphatic carbocycles. The summed E-state index contributed by atoms with van der Waals surface area (Å²) >= 11 is 0. The first-order chi connectivity index (χ1) is 11.5. The molecule has 2 amide bonds. The van der Waals surface area contributed by atoms with Crippen molar-refractivity contribution in [2.45, 2.75) is 19.8 Å². The van der Waals surface area contributed by atoms with Crippen LogP contribution in [0.15, 0.2) is 48.5 Å². The van der Waals surface area contributed by atoms with Crippen LogP contribution in [0.3, 0.4) is 0 Å². The summed E-state index contributed by atoms with van der Waals surface area (Å²) in [5.74, 6) is -1.10. The van der Waals surface area contributed by atoms with Gasteiger partial charge >= 0.3 is 0 Å². The monoisotopic (exact) mass is 322 g/mol. The van der Waals surface area contributed by atoms with Crippen molar-refractivity contribution in [3.63, 3.8) is 0 Å². The third-order valence-corrected chi connectivity index (χ3v) is 3.88. The second-order valence-corrected chi connectivity index (χ2v) is 5.99. The van der Waals surface area contributed by atoms with Crippen molar-refractivity contribution in [1.82, 2.24) is 0 Å². The molecule has 122 valence electrons. The fourth-order valence-corrected chi connectivity index (χ4v) is 2.25. The Labute approximate surface area is 140 Å². The maximum Gasteiger partial charge on any atom is 0.296 e. The van der Waals surface area contributed by atoms with Crippen LogP contribution in [0, 0.1) is 12.8 Å². The number of carbonyl (C=O) groups excluding carboxylic acids is 3. The summed E-state index contributed by atoms with van der Waals surface area (Å²) in [7, 11) is 0. The number of amides is 2. The topological polar surface area (TPSA) is 75.3 Å². The summed E-state index contributed by atoms with van der Waals surface area (Å²) < 4.78 is 0. The maximum atomic E-state index is 12.1. The van der Waals surface area contributed by atoms with E-state index in [1.54, 1.807) is 48.5 Å². The number of hydrogen-bond acceptors (Lipinski definition) is 3. The number of nitrogens with one attached hydrogen (secondary N) is 2. The zero-order valence-corrected chi connectivity index (χ0v) is 13.3. The van der Waals surface area contributed by atoms with Gasteiger partial charge in [-0.3, -0.25) is 14.4 Å². The van der Waals surface area contributed by atoms with Crippen molar-refractivity contribution < 1.29 is 14.4 Å². The second kappa shape index (κ2) is 6.66. The molecule has 3 rings (SSSR count). The van der Waals surface area contributed by atoms with Crippen molar-refractivity contribution in [1.29, 1.82) is 0 Å². The van der Waals surface area contributed by atoms with Gasteiger partial charge in [0.1, 0.15) is 0 Å². The first kappa shape index (κ1) is 15.9. The van der Waals surface area contributed by atoms with Gasteiger partial charge in [-0.05, 0) is 44.0 Å². The van der Waals surface area contributed by atoms with Gasteiger partial charge in [0.05, 0.1) is 0 Å². The Morgan fingerprint density at radius 3 is 1.92 bits per heavy atom. The summed E-state index contributed by atoms with van der Waals surface area (Å²) in [6.45, 7) is 1.91. The molecule has 5 heteroatoms. The number of Topliss-reactive ketones (excluding diaryl/α,β-unsaturated/α-hetero) is 1. The Morgan fingerprint density at radius 1 is 0.833 bits per heavy atom. The lowest BCUT2D eigenvalue weighted by Gasteiger charge is -2.07. The highest BCUT2D eigenvalue weighted by atomic mass is 16.2. The van der Waals surface area contributed by atoms with E-state index >= 15 is 0 Å². The normalized spacial score (nSPS) is 13.2. The van der Waals surface area contributed by atoms with Crippen LogP contribution in [0.25, 0.3) is 0 Å². The molecule has 2 aromatic rings. The first-order valence-corrected chi connectivity index (χ1v) is 7.86. The number of ketones is 1. The van der Waals surface area contributed by atoms with Gasteiger partial charge in [-0.15, -0.1) is 0 Å². The van der Waals surface area contributed by atoms with Crippen molar-refractivity contribution >= 4 is 29.0 Å². The fourth-order valence-electron chi connectivity index (χ4n) is 2.25. The van der Waals surface area contributed by atoms with Gasteiger partial charge in [-0.25, -0.2) is 0 Å². The Kier molecular flexibility index (Phi) is 4.42. The van der Waals surface area contributed by atoms with E-state index < -0.39 is 11.7 Å². The lowest BCUT2D eigenvalue weighted by Crippen LogP contribution is -2.22. The van der Waals surface area contributed by atoms with Gasteiger partial charge in [0, 0.05) is 22.9 Å². The molecular weight excluding hydrogens is 304 g/mol. The van der Waals surface area contributed by atoms with Gasteiger partial charge in [0.25, 0.3) is 11.7 Å². The molecule has 0 spiro atoms. The van der Waals surface area contributed by atoms with Gasteiger partial charge in [0.15, 0.2) is 0 Å². The van der Waals surface area contributed by atoms with E-state index in [0.29, 0.717) is 16.9 Å². The molecule has 0 bridgehead atoms. The SMILES string of the molecule is Cc1ccc(C(=O)C(=O)Nc2ccc(NC(=O)C3CC3)cc2)cc1. The van der Waals surface area contributed by atoms with Crippen LogP contribution < -0.4 is 10.6 Å². The van der Waals surface area contributed by atoms with Crippen LogP contribution in [0.5, 0.6) is 0 Å². The maximum absolute atomic E-state index is 12.1. The molecule has 0 heterocycles. The van der Waals surface area contributed by atoms with Gasteiger partial charge in [0.2, 0.25) is 5.91 Å². The van der Waals surface area contributed by atoms with Crippen molar-refractivity contribution in [2.75, 3.05) is 10.6 Å². The molecule has 2 aromatic carbocycles. The molecule has 0 saturated heterocycles. The van der Waals surface area contributed by atoms with E-state index in [9.17, 15) is 14.4 Å². The predicted molar refractivity (Wildman–Crippen MR) is 91.9 cm³/mol. The van der Waals surface area contributed by atoms with Crippen LogP contribution in [-0.2, 0) is 9.59 Å². The highest BCUT2D eigenvalue weighted by Gasteiger charge is 2.29. The van der Waals surface area contributed by atoms with Crippen LogP contribution in [0.4, 0.5) is 11.4 Å². The van der Waals surface area contributed by atoms with Gasteiger partial charge < -0.3 is 10.6 Å². The first-order valence-electron chi connectivity index (χ1n) is 7.86. The average Bonchev–Trinajstić information content (AvgIpc) is 3.41. The number of carbonyl (C=O) groups is 3. The van der Waals surface area contributed by atoms with Crippen LogP contribution >= 0.6 is 0 Å². The smallest absolute Gasteiger partial charge is 0.296 e. The largest absolute Gasteiger partial charge is 0.326 e. The molecule has 2 N–H and O–H groups in total. The van der Waals surface area contributed by atoms with E-state index in [1.807, 2.05) is 6.92 Å². The minimum Gasteiger partial charge on any atom is -0.326 e. The Balaban J connectivity index is 1.60. The summed E-state index contributed by atoms with van der Waals surface area (Å²) in [6.07, 6.45) is 1.89. The highest BCUT2D eigenvalue weighted by Crippen LogP contribution is 2.30. The van der Waals surface area contributed by atoms with Crippen molar-refractivity contribution in [3.05, 3.63) is 59.7 Å². The Hall–Kier alpha value is -2.95. The van der Waals surface area contributed by atoms with Crippen molar-refractivity contribution in [2.24, 2.45) is 5.92 Å².